The Morgan fingerprint density at radius 3 is 2.39 bits per heavy atom. The number of β-amino-alcohol motifs (C(OH)–C–C–N with tert-alkyl or cyclic N) is 1. The highest BCUT2D eigenvalue weighted by Gasteiger charge is 2.27. The SMILES string of the molecule is Cc1cc(C)cc(COC(=O)N2CCCn3nc(C(=O)N4CCN(CCO)CC4)cc3C2)c1. The van der Waals surface area contributed by atoms with E-state index in [-0.39, 0.29) is 25.2 Å². The fourth-order valence-corrected chi connectivity index (χ4v) is 4.59. The van der Waals surface area contributed by atoms with Crippen molar-refractivity contribution >= 4 is 12.0 Å². The molecule has 4 rings (SSSR count). The largest absolute Gasteiger partial charge is 0.445 e. The van der Waals surface area contributed by atoms with Crippen LogP contribution in [-0.4, -0.2) is 87.5 Å². The number of aliphatic hydroxyl groups excluding tert-OH is 1. The minimum atomic E-state index is -0.350. The Bertz CT molecular complexity index is 976. The van der Waals surface area contributed by atoms with E-state index >= 15 is 0 Å². The molecular weight excluding hydrogens is 422 g/mol. The van der Waals surface area contributed by atoms with Crippen molar-refractivity contribution in [2.24, 2.45) is 0 Å². The van der Waals surface area contributed by atoms with Crippen molar-refractivity contribution in [1.82, 2.24) is 24.5 Å². The van der Waals surface area contributed by atoms with E-state index in [2.05, 4.69) is 16.1 Å². The van der Waals surface area contributed by atoms with Gasteiger partial charge in [0.1, 0.15) is 6.61 Å². The van der Waals surface area contributed by atoms with Crippen molar-refractivity contribution in [1.29, 1.82) is 0 Å². The van der Waals surface area contributed by atoms with Gasteiger partial charge in [-0.25, -0.2) is 4.79 Å². The minimum Gasteiger partial charge on any atom is -0.445 e. The van der Waals surface area contributed by atoms with E-state index in [1.165, 1.54) is 0 Å². The molecule has 0 saturated carbocycles. The second-order valence-electron chi connectivity index (χ2n) is 8.93. The molecule has 3 heterocycles. The molecule has 2 aromatic rings. The molecule has 0 aliphatic carbocycles. The third-order valence-corrected chi connectivity index (χ3v) is 6.21. The quantitative estimate of drug-likeness (QED) is 0.739. The molecule has 1 fully saturated rings. The lowest BCUT2D eigenvalue weighted by Gasteiger charge is -2.33. The van der Waals surface area contributed by atoms with Crippen LogP contribution < -0.4 is 0 Å². The number of hydrogen-bond acceptors (Lipinski definition) is 6. The van der Waals surface area contributed by atoms with Crippen LogP contribution in [0.2, 0.25) is 0 Å². The average molecular weight is 456 g/mol. The Balaban J connectivity index is 1.36. The van der Waals surface area contributed by atoms with E-state index in [1.54, 1.807) is 11.0 Å². The second kappa shape index (κ2) is 10.4. The van der Waals surface area contributed by atoms with E-state index in [4.69, 9.17) is 9.84 Å². The van der Waals surface area contributed by atoms with Crippen LogP contribution in [0, 0.1) is 13.8 Å². The van der Waals surface area contributed by atoms with Gasteiger partial charge in [0.25, 0.3) is 5.91 Å². The number of aromatic nitrogens is 2. The summed E-state index contributed by atoms with van der Waals surface area (Å²) in [5.74, 6) is -0.0804. The number of nitrogens with zero attached hydrogens (tertiary/aromatic N) is 5. The molecule has 9 heteroatoms. The molecule has 1 aromatic carbocycles. The number of fused-ring (bicyclic) bond motifs is 1. The monoisotopic (exact) mass is 455 g/mol. The Morgan fingerprint density at radius 2 is 1.70 bits per heavy atom. The fourth-order valence-electron chi connectivity index (χ4n) is 4.59. The van der Waals surface area contributed by atoms with Gasteiger partial charge in [-0.05, 0) is 31.9 Å². The molecule has 0 bridgehead atoms. The first-order valence-corrected chi connectivity index (χ1v) is 11.6. The number of aryl methyl sites for hydroxylation is 3. The minimum absolute atomic E-state index is 0.0804. The number of amides is 2. The Labute approximate surface area is 194 Å². The number of benzene rings is 1. The van der Waals surface area contributed by atoms with E-state index in [1.807, 2.05) is 35.6 Å². The highest BCUT2D eigenvalue weighted by atomic mass is 16.6. The summed E-state index contributed by atoms with van der Waals surface area (Å²) < 4.78 is 7.43. The molecule has 0 atom stereocenters. The molecule has 1 aromatic heterocycles. The first-order chi connectivity index (χ1) is 15.9. The Hall–Kier alpha value is -2.91. The topological polar surface area (TPSA) is 91.1 Å². The summed E-state index contributed by atoms with van der Waals surface area (Å²) in [6, 6.07) is 7.95. The predicted molar refractivity (Wildman–Crippen MR) is 123 cm³/mol. The standard InChI is InChI=1S/C24H33N5O4/c1-18-12-19(2)14-20(13-18)17-33-24(32)28-4-3-5-29-21(16-28)15-22(25-29)23(31)27-8-6-26(7-9-27)10-11-30/h12-15,30H,3-11,16-17H2,1-2H3. The molecule has 1 saturated heterocycles. The van der Waals surface area contributed by atoms with Crippen LogP contribution in [0.15, 0.2) is 24.3 Å². The smallest absolute Gasteiger partial charge is 0.410 e. The van der Waals surface area contributed by atoms with Crippen LogP contribution in [-0.2, 0) is 24.4 Å². The van der Waals surface area contributed by atoms with Gasteiger partial charge >= 0.3 is 6.09 Å². The maximum Gasteiger partial charge on any atom is 0.410 e. The summed E-state index contributed by atoms with van der Waals surface area (Å²) in [6.45, 7) is 9.43. The van der Waals surface area contributed by atoms with E-state index < -0.39 is 0 Å². The predicted octanol–water partition coefficient (Wildman–Crippen LogP) is 1.79. The number of hydrogen-bond donors (Lipinski definition) is 1. The molecular formula is C24H33N5O4. The van der Waals surface area contributed by atoms with Crippen molar-refractivity contribution in [3.8, 4) is 0 Å². The van der Waals surface area contributed by atoms with Crippen LogP contribution in [0.5, 0.6) is 0 Å². The van der Waals surface area contributed by atoms with Crippen LogP contribution in [0.25, 0.3) is 0 Å². The molecule has 2 aliphatic heterocycles. The van der Waals surface area contributed by atoms with Gasteiger partial charge in [-0.2, -0.15) is 5.10 Å². The van der Waals surface area contributed by atoms with Crippen molar-refractivity contribution < 1.29 is 19.4 Å². The second-order valence-corrected chi connectivity index (χ2v) is 8.93. The van der Waals surface area contributed by atoms with Crippen LogP contribution >= 0.6 is 0 Å². The van der Waals surface area contributed by atoms with Crippen LogP contribution in [0.1, 0.15) is 39.3 Å². The average Bonchev–Trinajstić information content (AvgIpc) is 3.08. The first-order valence-electron chi connectivity index (χ1n) is 11.6. The fraction of sp³-hybridized carbons (Fsp3) is 0.542. The van der Waals surface area contributed by atoms with Crippen LogP contribution in [0.3, 0.4) is 0 Å². The molecule has 0 unspecified atom stereocenters. The van der Waals surface area contributed by atoms with E-state index in [0.29, 0.717) is 45.0 Å². The normalized spacial score (nSPS) is 16.9. The third kappa shape index (κ3) is 5.72. The van der Waals surface area contributed by atoms with Gasteiger partial charge in [-0.15, -0.1) is 0 Å². The lowest BCUT2D eigenvalue weighted by molar-refractivity contribution is 0.0608. The molecule has 33 heavy (non-hydrogen) atoms. The zero-order valence-electron chi connectivity index (χ0n) is 19.5. The maximum absolute atomic E-state index is 13.0. The molecule has 1 N–H and O–H groups in total. The van der Waals surface area contributed by atoms with Gasteiger partial charge in [-0.3, -0.25) is 14.4 Å². The summed E-state index contributed by atoms with van der Waals surface area (Å²) in [6.07, 6.45) is 0.401. The van der Waals surface area contributed by atoms with Crippen molar-refractivity contribution in [2.45, 2.75) is 40.0 Å². The van der Waals surface area contributed by atoms with Crippen molar-refractivity contribution in [3.05, 3.63) is 52.3 Å². The van der Waals surface area contributed by atoms with Gasteiger partial charge in [0.2, 0.25) is 0 Å². The zero-order valence-corrected chi connectivity index (χ0v) is 19.5. The molecule has 0 radical (unpaired) electrons. The highest BCUT2D eigenvalue weighted by molar-refractivity contribution is 5.92. The summed E-state index contributed by atoms with van der Waals surface area (Å²) in [7, 11) is 0. The number of aliphatic hydroxyl groups is 1. The Morgan fingerprint density at radius 1 is 0.970 bits per heavy atom. The summed E-state index contributed by atoms with van der Waals surface area (Å²) in [4.78, 5) is 31.4. The number of ether oxygens (including phenoxy) is 1. The zero-order chi connectivity index (χ0) is 23.4. The molecule has 0 spiro atoms. The van der Waals surface area contributed by atoms with Gasteiger partial charge in [0.05, 0.1) is 18.8 Å². The number of rotatable bonds is 5. The van der Waals surface area contributed by atoms with Gasteiger partial charge in [0, 0.05) is 45.8 Å². The lowest BCUT2D eigenvalue weighted by atomic mass is 10.1. The van der Waals surface area contributed by atoms with Crippen molar-refractivity contribution in [2.75, 3.05) is 45.9 Å². The molecule has 9 nitrogen and oxygen atoms in total. The third-order valence-electron chi connectivity index (χ3n) is 6.21. The lowest BCUT2D eigenvalue weighted by Crippen LogP contribution is -2.49. The highest BCUT2D eigenvalue weighted by Crippen LogP contribution is 2.18. The Kier molecular flexibility index (Phi) is 7.29. The van der Waals surface area contributed by atoms with E-state index in [9.17, 15) is 9.59 Å². The first kappa shape index (κ1) is 23.3. The molecule has 2 aliphatic rings. The maximum atomic E-state index is 13.0. The molecule has 178 valence electrons. The summed E-state index contributed by atoms with van der Waals surface area (Å²) in [5, 5.41) is 13.6. The number of piperazine rings is 1. The number of carbonyl (C=O) groups is 2. The molecule has 2 amide bonds. The summed E-state index contributed by atoms with van der Waals surface area (Å²) in [5.41, 5.74) is 4.54. The van der Waals surface area contributed by atoms with Gasteiger partial charge in [-0.1, -0.05) is 29.3 Å². The van der Waals surface area contributed by atoms with Gasteiger partial charge in [0.15, 0.2) is 5.69 Å². The number of carbonyl (C=O) groups excluding carboxylic acids is 2. The van der Waals surface area contributed by atoms with Crippen LogP contribution in [0.4, 0.5) is 4.79 Å². The van der Waals surface area contributed by atoms with E-state index in [0.717, 1.165) is 41.9 Å². The summed E-state index contributed by atoms with van der Waals surface area (Å²) >= 11 is 0. The van der Waals surface area contributed by atoms with Crippen molar-refractivity contribution in [3.63, 3.8) is 0 Å². The van der Waals surface area contributed by atoms with Gasteiger partial charge < -0.3 is 19.6 Å².